The van der Waals surface area contributed by atoms with Crippen molar-refractivity contribution in [3.63, 3.8) is 0 Å². The minimum absolute atomic E-state index is 0.109. The Labute approximate surface area is 128 Å². The highest BCUT2D eigenvalue weighted by atomic mass is 32.2. The molecule has 8 heteroatoms. The Morgan fingerprint density at radius 1 is 1.50 bits per heavy atom. The maximum absolute atomic E-state index is 13.8. The summed E-state index contributed by atoms with van der Waals surface area (Å²) in [5.41, 5.74) is 0. The number of benzene rings is 1. The van der Waals surface area contributed by atoms with Crippen molar-refractivity contribution >= 4 is 16.0 Å². The SMILES string of the molecule is C[C@H](C#N)OC(=O)[C@@H]1CCCN1S(=O)(=O)c1ccccc1F. The first kappa shape index (κ1) is 16.4. The molecule has 2 rings (SSSR count). The number of hydrogen-bond donors (Lipinski definition) is 0. The number of carbonyl (C=O) groups excluding carboxylic acids is 1. The molecule has 22 heavy (non-hydrogen) atoms. The second-order valence-corrected chi connectivity index (χ2v) is 6.77. The molecule has 1 heterocycles. The summed E-state index contributed by atoms with van der Waals surface area (Å²) >= 11 is 0. The van der Waals surface area contributed by atoms with Crippen molar-refractivity contribution in [3.05, 3.63) is 30.1 Å². The third-order valence-electron chi connectivity index (χ3n) is 3.37. The monoisotopic (exact) mass is 326 g/mol. The maximum atomic E-state index is 13.8. The van der Waals surface area contributed by atoms with Gasteiger partial charge in [-0.1, -0.05) is 12.1 Å². The van der Waals surface area contributed by atoms with Crippen LogP contribution in [0.2, 0.25) is 0 Å². The van der Waals surface area contributed by atoms with Crippen molar-refractivity contribution in [2.24, 2.45) is 0 Å². The summed E-state index contributed by atoms with van der Waals surface area (Å²) in [7, 11) is -4.13. The Morgan fingerprint density at radius 3 is 2.82 bits per heavy atom. The summed E-state index contributed by atoms with van der Waals surface area (Å²) in [4.78, 5) is 11.5. The van der Waals surface area contributed by atoms with E-state index < -0.39 is 38.9 Å². The summed E-state index contributed by atoms with van der Waals surface area (Å²) in [6.45, 7) is 1.50. The molecule has 1 aliphatic rings. The molecule has 0 bridgehead atoms. The van der Waals surface area contributed by atoms with Crippen LogP contribution in [0.15, 0.2) is 29.2 Å². The second kappa shape index (κ2) is 6.42. The zero-order valence-corrected chi connectivity index (χ0v) is 12.7. The fourth-order valence-corrected chi connectivity index (χ4v) is 4.04. The highest BCUT2D eigenvalue weighted by Gasteiger charge is 2.41. The fourth-order valence-electron chi connectivity index (χ4n) is 2.32. The normalized spacial score (nSPS) is 20.3. The van der Waals surface area contributed by atoms with Gasteiger partial charge < -0.3 is 4.74 Å². The molecular formula is C14H15FN2O4S. The molecule has 0 aliphatic carbocycles. The van der Waals surface area contributed by atoms with Crippen LogP contribution in [-0.2, 0) is 19.6 Å². The van der Waals surface area contributed by atoms with Crippen LogP contribution in [-0.4, -0.2) is 37.4 Å². The summed E-state index contributed by atoms with van der Waals surface area (Å²) in [6.07, 6.45) is -0.218. The lowest BCUT2D eigenvalue weighted by Gasteiger charge is -2.23. The van der Waals surface area contributed by atoms with Crippen LogP contribution in [0.1, 0.15) is 19.8 Å². The first-order valence-corrected chi connectivity index (χ1v) is 8.18. The van der Waals surface area contributed by atoms with E-state index in [1.165, 1.54) is 19.1 Å². The lowest BCUT2D eigenvalue weighted by molar-refractivity contribution is -0.149. The molecule has 1 fully saturated rings. The molecule has 1 aliphatic heterocycles. The second-order valence-electron chi connectivity index (χ2n) is 4.91. The summed E-state index contributed by atoms with van der Waals surface area (Å²) in [5.74, 6) is -1.65. The molecule has 0 amide bonds. The van der Waals surface area contributed by atoms with Gasteiger partial charge in [-0.05, 0) is 31.9 Å². The van der Waals surface area contributed by atoms with Crippen LogP contribution in [0.3, 0.4) is 0 Å². The molecule has 0 aromatic heterocycles. The van der Waals surface area contributed by atoms with Gasteiger partial charge in [-0.3, -0.25) is 4.79 Å². The van der Waals surface area contributed by atoms with E-state index in [-0.39, 0.29) is 13.0 Å². The minimum atomic E-state index is -4.13. The first-order chi connectivity index (χ1) is 10.4. The molecule has 0 radical (unpaired) electrons. The fraction of sp³-hybridized carbons (Fsp3) is 0.429. The van der Waals surface area contributed by atoms with Crippen LogP contribution in [0.5, 0.6) is 0 Å². The number of carbonyl (C=O) groups is 1. The van der Waals surface area contributed by atoms with Crippen molar-refractivity contribution in [1.82, 2.24) is 4.31 Å². The van der Waals surface area contributed by atoms with E-state index in [0.29, 0.717) is 6.42 Å². The summed E-state index contributed by atoms with van der Waals surface area (Å²) < 4.78 is 44.7. The first-order valence-electron chi connectivity index (χ1n) is 6.74. The summed E-state index contributed by atoms with van der Waals surface area (Å²) in [6, 6.07) is 5.72. The minimum Gasteiger partial charge on any atom is -0.446 e. The molecular weight excluding hydrogens is 311 g/mol. The van der Waals surface area contributed by atoms with E-state index in [2.05, 4.69) is 0 Å². The van der Waals surface area contributed by atoms with Crippen molar-refractivity contribution < 1.29 is 22.3 Å². The molecule has 118 valence electrons. The maximum Gasteiger partial charge on any atom is 0.325 e. The lowest BCUT2D eigenvalue weighted by Crippen LogP contribution is -2.42. The largest absolute Gasteiger partial charge is 0.446 e. The molecule has 0 unspecified atom stereocenters. The van der Waals surface area contributed by atoms with Gasteiger partial charge in [-0.25, -0.2) is 12.8 Å². The lowest BCUT2D eigenvalue weighted by atomic mass is 10.2. The van der Waals surface area contributed by atoms with Gasteiger partial charge >= 0.3 is 5.97 Å². The number of ether oxygens (including phenoxy) is 1. The zero-order valence-electron chi connectivity index (χ0n) is 11.9. The van der Waals surface area contributed by atoms with Crippen molar-refractivity contribution in [2.45, 2.75) is 36.8 Å². The Hall–Kier alpha value is -1.98. The average molecular weight is 326 g/mol. The number of esters is 1. The smallest absolute Gasteiger partial charge is 0.325 e. The molecule has 1 aromatic rings. The Bertz CT molecular complexity index is 714. The van der Waals surface area contributed by atoms with E-state index >= 15 is 0 Å². The van der Waals surface area contributed by atoms with Crippen LogP contribution in [0.25, 0.3) is 0 Å². The predicted molar refractivity (Wildman–Crippen MR) is 74.5 cm³/mol. The van der Waals surface area contributed by atoms with Crippen molar-refractivity contribution in [2.75, 3.05) is 6.54 Å². The predicted octanol–water partition coefficient (Wildman–Crippen LogP) is 1.43. The topological polar surface area (TPSA) is 87.5 Å². The number of nitrogens with zero attached hydrogens (tertiary/aromatic N) is 2. The Kier molecular flexibility index (Phi) is 4.78. The molecule has 0 spiro atoms. The molecule has 6 nitrogen and oxygen atoms in total. The van der Waals surface area contributed by atoms with Gasteiger partial charge in [-0.2, -0.15) is 9.57 Å². The number of rotatable bonds is 4. The van der Waals surface area contributed by atoms with Gasteiger partial charge in [0, 0.05) is 6.54 Å². The number of halogens is 1. The van der Waals surface area contributed by atoms with Crippen LogP contribution in [0, 0.1) is 17.1 Å². The number of nitriles is 1. The quantitative estimate of drug-likeness (QED) is 0.781. The molecule has 0 saturated carbocycles. The molecule has 1 saturated heterocycles. The standard InChI is InChI=1S/C14H15FN2O4S/c1-10(9-16)21-14(18)12-6-4-8-17(12)22(19,20)13-7-3-2-5-11(13)15/h2-3,5,7,10,12H,4,6,8H2,1H3/t10-,12+/m1/s1. The summed E-state index contributed by atoms with van der Waals surface area (Å²) in [5, 5.41) is 8.66. The average Bonchev–Trinajstić information content (AvgIpc) is 2.97. The van der Waals surface area contributed by atoms with Crippen molar-refractivity contribution in [1.29, 1.82) is 5.26 Å². The van der Waals surface area contributed by atoms with Crippen LogP contribution in [0.4, 0.5) is 4.39 Å². The number of sulfonamides is 1. The molecule has 1 aromatic carbocycles. The highest BCUT2D eigenvalue weighted by molar-refractivity contribution is 7.89. The third-order valence-corrected chi connectivity index (χ3v) is 5.32. The molecule has 0 N–H and O–H groups in total. The highest BCUT2D eigenvalue weighted by Crippen LogP contribution is 2.28. The molecule has 2 atom stereocenters. The van der Waals surface area contributed by atoms with Gasteiger partial charge in [0.05, 0.1) is 0 Å². The van der Waals surface area contributed by atoms with Gasteiger partial charge in [0.15, 0.2) is 6.10 Å². The van der Waals surface area contributed by atoms with Crippen molar-refractivity contribution in [3.8, 4) is 6.07 Å². The van der Waals surface area contributed by atoms with Gasteiger partial charge in [0.1, 0.15) is 22.8 Å². The van der Waals surface area contributed by atoms with E-state index in [4.69, 9.17) is 10.00 Å². The third kappa shape index (κ3) is 3.10. The van der Waals surface area contributed by atoms with E-state index in [9.17, 15) is 17.6 Å². The van der Waals surface area contributed by atoms with Crippen LogP contribution < -0.4 is 0 Å². The van der Waals surface area contributed by atoms with E-state index in [1.54, 1.807) is 6.07 Å². The van der Waals surface area contributed by atoms with Gasteiger partial charge in [0.2, 0.25) is 10.0 Å². The van der Waals surface area contributed by atoms with Gasteiger partial charge in [0.25, 0.3) is 0 Å². The van der Waals surface area contributed by atoms with E-state index in [0.717, 1.165) is 16.4 Å². The van der Waals surface area contributed by atoms with Gasteiger partial charge in [-0.15, -0.1) is 0 Å². The van der Waals surface area contributed by atoms with E-state index in [1.807, 2.05) is 0 Å². The Balaban J connectivity index is 2.29. The zero-order chi connectivity index (χ0) is 16.3. The Morgan fingerprint density at radius 2 is 2.18 bits per heavy atom. The van der Waals surface area contributed by atoms with Crippen LogP contribution >= 0.6 is 0 Å². The number of hydrogen-bond acceptors (Lipinski definition) is 5.